The zero-order valence-corrected chi connectivity index (χ0v) is 9.56. The van der Waals surface area contributed by atoms with Crippen molar-refractivity contribution in [1.29, 1.82) is 0 Å². The molecule has 0 saturated heterocycles. The summed E-state index contributed by atoms with van der Waals surface area (Å²) in [6.07, 6.45) is 0.749. The van der Waals surface area contributed by atoms with E-state index in [9.17, 15) is 4.79 Å². The van der Waals surface area contributed by atoms with Gasteiger partial charge in [-0.05, 0) is 29.7 Å². The Morgan fingerprint density at radius 1 is 1.56 bits per heavy atom. The second kappa shape index (κ2) is 5.51. The van der Waals surface area contributed by atoms with Gasteiger partial charge in [-0.25, -0.2) is 0 Å². The Labute approximate surface area is 95.0 Å². The quantitative estimate of drug-likeness (QED) is 0.797. The summed E-state index contributed by atoms with van der Waals surface area (Å²) >= 11 is 0. The van der Waals surface area contributed by atoms with Crippen LogP contribution in [0.25, 0.3) is 0 Å². The van der Waals surface area contributed by atoms with Gasteiger partial charge in [0.2, 0.25) is 0 Å². The van der Waals surface area contributed by atoms with E-state index in [0.29, 0.717) is 0 Å². The van der Waals surface area contributed by atoms with E-state index in [1.165, 1.54) is 0 Å². The molecule has 0 spiro atoms. The highest BCUT2D eigenvalue weighted by Gasteiger charge is 2.14. The van der Waals surface area contributed by atoms with Gasteiger partial charge in [0, 0.05) is 6.04 Å². The number of hydrogen-bond donors (Lipinski definition) is 2. The lowest BCUT2D eigenvalue weighted by Crippen LogP contribution is -2.16. The van der Waals surface area contributed by atoms with Crippen LogP contribution in [0.1, 0.15) is 30.5 Å². The SMILES string of the molecule is CCc1cc(OC)ccc1C(N)CC(=O)O. The Balaban J connectivity index is 2.98. The minimum atomic E-state index is -0.884. The number of aryl methyl sites for hydroxylation is 1. The molecule has 0 aliphatic carbocycles. The molecule has 16 heavy (non-hydrogen) atoms. The molecule has 0 aliphatic rings. The van der Waals surface area contributed by atoms with Crippen LogP contribution in [0.3, 0.4) is 0 Å². The summed E-state index contributed by atoms with van der Waals surface area (Å²) in [6, 6.07) is 5.08. The summed E-state index contributed by atoms with van der Waals surface area (Å²) in [5.41, 5.74) is 7.76. The van der Waals surface area contributed by atoms with E-state index in [1.807, 2.05) is 19.1 Å². The number of rotatable bonds is 5. The Kier molecular flexibility index (Phi) is 4.31. The largest absolute Gasteiger partial charge is 0.497 e. The zero-order valence-electron chi connectivity index (χ0n) is 9.56. The molecule has 0 saturated carbocycles. The van der Waals surface area contributed by atoms with Crippen molar-refractivity contribution < 1.29 is 14.6 Å². The molecule has 4 heteroatoms. The molecule has 0 fully saturated rings. The molecule has 1 aromatic carbocycles. The number of hydrogen-bond acceptors (Lipinski definition) is 3. The van der Waals surface area contributed by atoms with E-state index in [4.69, 9.17) is 15.6 Å². The maximum atomic E-state index is 10.6. The van der Waals surface area contributed by atoms with Crippen LogP contribution in [-0.4, -0.2) is 18.2 Å². The average Bonchev–Trinajstić information content (AvgIpc) is 2.27. The van der Waals surface area contributed by atoms with E-state index < -0.39 is 12.0 Å². The second-order valence-electron chi connectivity index (χ2n) is 3.62. The van der Waals surface area contributed by atoms with Crippen LogP contribution >= 0.6 is 0 Å². The smallest absolute Gasteiger partial charge is 0.305 e. The average molecular weight is 223 g/mol. The molecule has 1 rings (SSSR count). The monoisotopic (exact) mass is 223 g/mol. The van der Waals surface area contributed by atoms with Gasteiger partial charge in [0.25, 0.3) is 0 Å². The molecule has 1 atom stereocenters. The van der Waals surface area contributed by atoms with Crippen molar-refractivity contribution in [3.05, 3.63) is 29.3 Å². The summed E-state index contributed by atoms with van der Waals surface area (Å²) in [6.45, 7) is 2.01. The van der Waals surface area contributed by atoms with Gasteiger partial charge in [0.05, 0.1) is 13.5 Å². The molecule has 0 heterocycles. The first-order chi connectivity index (χ1) is 7.58. The fourth-order valence-corrected chi connectivity index (χ4v) is 1.68. The predicted molar refractivity (Wildman–Crippen MR) is 61.6 cm³/mol. The van der Waals surface area contributed by atoms with Gasteiger partial charge in [0.1, 0.15) is 5.75 Å². The molecule has 0 bridgehead atoms. The van der Waals surface area contributed by atoms with Crippen LogP contribution in [0.15, 0.2) is 18.2 Å². The van der Waals surface area contributed by atoms with Crippen molar-refractivity contribution in [3.8, 4) is 5.75 Å². The Morgan fingerprint density at radius 3 is 2.75 bits per heavy atom. The van der Waals surface area contributed by atoms with Gasteiger partial charge in [-0.15, -0.1) is 0 Å². The predicted octanol–water partition coefficient (Wildman–Crippen LogP) is 1.73. The van der Waals surface area contributed by atoms with Gasteiger partial charge >= 0.3 is 5.97 Å². The highest BCUT2D eigenvalue weighted by atomic mass is 16.5. The molecule has 1 unspecified atom stereocenters. The normalized spacial score (nSPS) is 12.2. The minimum absolute atomic E-state index is 0.0562. The summed E-state index contributed by atoms with van der Waals surface area (Å²) < 4.78 is 5.12. The molecule has 4 nitrogen and oxygen atoms in total. The van der Waals surface area contributed by atoms with E-state index in [-0.39, 0.29) is 6.42 Å². The standard InChI is InChI=1S/C12H17NO3/c1-3-8-6-9(16-2)4-5-10(8)11(13)7-12(14)15/h4-6,11H,3,7,13H2,1-2H3,(H,14,15). The Hall–Kier alpha value is -1.55. The number of methoxy groups -OCH3 is 1. The van der Waals surface area contributed by atoms with E-state index >= 15 is 0 Å². The van der Waals surface area contributed by atoms with Crippen LogP contribution < -0.4 is 10.5 Å². The van der Waals surface area contributed by atoms with Crippen LogP contribution in [0.2, 0.25) is 0 Å². The summed E-state index contributed by atoms with van der Waals surface area (Å²) in [7, 11) is 1.60. The van der Waals surface area contributed by atoms with Gasteiger partial charge < -0.3 is 15.6 Å². The molecule has 0 amide bonds. The van der Waals surface area contributed by atoms with E-state index in [1.54, 1.807) is 13.2 Å². The fraction of sp³-hybridized carbons (Fsp3) is 0.417. The van der Waals surface area contributed by atoms with Crippen LogP contribution in [0, 0.1) is 0 Å². The van der Waals surface area contributed by atoms with Crippen molar-refractivity contribution in [2.75, 3.05) is 7.11 Å². The first kappa shape index (κ1) is 12.5. The van der Waals surface area contributed by atoms with Gasteiger partial charge in [-0.3, -0.25) is 4.79 Å². The number of carbonyl (C=O) groups is 1. The van der Waals surface area contributed by atoms with Crippen LogP contribution in [0.4, 0.5) is 0 Å². The third-order valence-electron chi connectivity index (χ3n) is 2.53. The lowest BCUT2D eigenvalue weighted by atomic mass is 9.97. The number of benzene rings is 1. The number of carboxylic acids is 1. The third-order valence-corrected chi connectivity index (χ3v) is 2.53. The molecule has 0 radical (unpaired) electrons. The van der Waals surface area contributed by atoms with Crippen molar-refractivity contribution in [2.24, 2.45) is 5.73 Å². The highest BCUT2D eigenvalue weighted by molar-refractivity contribution is 5.68. The number of aliphatic carboxylic acids is 1. The first-order valence-electron chi connectivity index (χ1n) is 5.22. The lowest BCUT2D eigenvalue weighted by molar-refractivity contribution is -0.137. The lowest BCUT2D eigenvalue weighted by Gasteiger charge is -2.15. The Morgan fingerprint density at radius 2 is 2.25 bits per heavy atom. The number of ether oxygens (including phenoxy) is 1. The van der Waals surface area contributed by atoms with Crippen LogP contribution in [0.5, 0.6) is 5.75 Å². The summed E-state index contributed by atoms with van der Waals surface area (Å²) in [5.74, 6) is -0.117. The van der Waals surface area contributed by atoms with Gasteiger partial charge in [-0.2, -0.15) is 0 Å². The first-order valence-corrected chi connectivity index (χ1v) is 5.22. The highest BCUT2D eigenvalue weighted by Crippen LogP contribution is 2.24. The van der Waals surface area contributed by atoms with Crippen LogP contribution in [-0.2, 0) is 11.2 Å². The second-order valence-corrected chi connectivity index (χ2v) is 3.62. The van der Waals surface area contributed by atoms with Crippen molar-refractivity contribution in [3.63, 3.8) is 0 Å². The summed E-state index contributed by atoms with van der Waals surface area (Å²) in [4.78, 5) is 10.6. The fourth-order valence-electron chi connectivity index (χ4n) is 1.68. The maximum Gasteiger partial charge on any atom is 0.305 e. The van der Waals surface area contributed by atoms with E-state index in [2.05, 4.69) is 0 Å². The third kappa shape index (κ3) is 2.97. The van der Waals surface area contributed by atoms with Crippen molar-refractivity contribution in [1.82, 2.24) is 0 Å². The molecular formula is C12H17NO3. The molecule has 0 aromatic heterocycles. The Bertz CT molecular complexity index is 377. The molecule has 0 aliphatic heterocycles. The minimum Gasteiger partial charge on any atom is -0.497 e. The van der Waals surface area contributed by atoms with Crippen molar-refractivity contribution in [2.45, 2.75) is 25.8 Å². The molecule has 1 aromatic rings. The molecular weight excluding hydrogens is 206 g/mol. The number of nitrogens with two attached hydrogens (primary N) is 1. The number of carboxylic acid groups (broad SMARTS) is 1. The molecule has 88 valence electrons. The van der Waals surface area contributed by atoms with Gasteiger partial charge in [0.15, 0.2) is 0 Å². The summed E-state index contributed by atoms with van der Waals surface area (Å²) in [5, 5.41) is 8.70. The van der Waals surface area contributed by atoms with Gasteiger partial charge in [-0.1, -0.05) is 13.0 Å². The van der Waals surface area contributed by atoms with E-state index in [0.717, 1.165) is 23.3 Å². The maximum absolute atomic E-state index is 10.6. The van der Waals surface area contributed by atoms with Crippen molar-refractivity contribution >= 4 is 5.97 Å². The zero-order chi connectivity index (χ0) is 12.1. The molecule has 3 N–H and O–H groups in total. The topological polar surface area (TPSA) is 72.5 Å².